The zero-order valence-electron chi connectivity index (χ0n) is 14.6. The number of hydrogen-bond donors (Lipinski definition) is 3. The van der Waals surface area contributed by atoms with Crippen molar-refractivity contribution in [3.05, 3.63) is 15.7 Å². The molecule has 0 saturated carbocycles. The van der Waals surface area contributed by atoms with Gasteiger partial charge in [-0.05, 0) is 6.92 Å². The summed E-state index contributed by atoms with van der Waals surface area (Å²) in [6.45, 7) is 1.78. The van der Waals surface area contributed by atoms with E-state index in [1.165, 1.54) is 39.8 Å². The van der Waals surface area contributed by atoms with Gasteiger partial charge in [-0.3, -0.25) is 19.5 Å². The number of nitrogens with one attached hydrogen (secondary N) is 1. The third-order valence-electron chi connectivity index (χ3n) is 4.43. The van der Waals surface area contributed by atoms with Gasteiger partial charge < -0.3 is 16.2 Å². The molecule has 1 aromatic heterocycles. The number of aliphatic imine (C=N–C) groups is 1. The van der Waals surface area contributed by atoms with E-state index in [4.69, 9.17) is 5.73 Å². The number of carbonyl (C=O) groups is 3. The normalized spacial score (nSPS) is 26.6. The van der Waals surface area contributed by atoms with Crippen LogP contribution in [0.25, 0.3) is 5.57 Å². The third-order valence-corrected chi connectivity index (χ3v) is 7.56. The number of nitrogens with two attached hydrogens (primary N) is 1. The first-order valence-corrected chi connectivity index (χ1v) is 11.2. The van der Waals surface area contributed by atoms with Gasteiger partial charge in [0.15, 0.2) is 5.17 Å². The first-order valence-electron chi connectivity index (χ1n) is 8.32. The quantitative estimate of drug-likeness (QED) is 0.531. The van der Waals surface area contributed by atoms with Crippen molar-refractivity contribution in [1.29, 1.82) is 0 Å². The predicted molar refractivity (Wildman–Crippen MR) is 107 cm³/mol. The highest BCUT2D eigenvalue weighted by atomic mass is 32.2. The lowest BCUT2D eigenvalue weighted by Crippen LogP contribution is -2.70. The van der Waals surface area contributed by atoms with E-state index in [0.717, 1.165) is 0 Å². The lowest BCUT2D eigenvalue weighted by Gasteiger charge is -2.49. The van der Waals surface area contributed by atoms with Gasteiger partial charge in [0, 0.05) is 23.5 Å². The monoisotopic (exact) mass is 440 g/mol. The molecular formula is C15H16N6O4S3. The molecule has 4 heterocycles. The van der Waals surface area contributed by atoms with Crippen molar-refractivity contribution in [3.8, 4) is 0 Å². The van der Waals surface area contributed by atoms with Gasteiger partial charge in [0.25, 0.3) is 5.91 Å². The lowest BCUT2D eigenvalue weighted by molar-refractivity contribution is -0.150. The molecule has 1 aromatic rings. The summed E-state index contributed by atoms with van der Waals surface area (Å²) in [6.07, 6.45) is 0.145. The Bertz CT molecular complexity index is 929. The van der Waals surface area contributed by atoms with Crippen molar-refractivity contribution in [1.82, 2.24) is 20.4 Å². The van der Waals surface area contributed by atoms with Crippen LogP contribution in [0.3, 0.4) is 0 Å². The van der Waals surface area contributed by atoms with Gasteiger partial charge in [-0.25, -0.2) is 4.79 Å². The summed E-state index contributed by atoms with van der Waals surface area (Å²) in [5.74, 6) is -0.922. The molecule has 3 atom stereocenters. The lowest BCUT2D eigenvalue weighted by atomic mass is 10.0. The van der Waals surface area contributed by atoms with Gasteiger partial charge in [-0.15, -0.1) is 22.0 Å². The van der Waals surface area contributed by atoms with E-state index in [-0.39, 0.29) is 24.1 Å². The maximum atomic E-state index is 12.6. The number of rotatable bonds is 5. The van der Waals surface area contributed by atoms with Crippen LogP contribution in [0.1, 0.15) is 16.4 Å². The summed E-state index contributed by atoms with van der Waals surface area (Å²) < 4.78 is 0. The van der Waals surface area contributed by atoms with Crippen molar-refractivity contribution in [3.63, 3.8) is 0 Å². The molecule has 2 unspecified atom stereocenters. The van der Waals surface area contributed by atoms with Crippen LogP contribution < -0.4 is 11.1 Å². The molecule has 13 heteroatoms. The molecule has 0 bridgehead atoms. The fourth-order valence-corrected chi connectivity index (χ4v) is 6.14. The number of hydrogen-bond acceptors (Lipinski definition) is 10. The maximum absolute atomic E-state index is 12.6. The van der Waals surface area contributed by atoms with E-state index >= 15 is 0 Å². The second-order valence-electron chi connectivity index (χ2n) is 6.35. The molecule has 0 aliphatic carbocycles. The fourth-order valence-electron chi connectivity index (χ4n) is 3.19. The molecular weight excluding hydrogens is 424 g/mol. The second kappa shape index (κ2) is 7.37. The van der Waals surface area contributed by atoms with Gasteiger partial charge in [-0.2, -0.15) is 0 Å². The van der Waals surface area contributed by atoms with Gasteiger partial charge in [-0.1, -0.05) is 23.1 Å². The molecule has 28 heavy (non-hydrogen) atoms. The highest BCUT2D eigenvalue weighted by Crippen LogP contribution is 2.43. The molecule has 4 N–H and O–H groups in total. The van der Waals surface area contributed by atoms with Gasteiger partial charge in [0.05, 0.1) is 6.04 Å². The topological polar surface area (TPSA) is 151 Å². The molecule has 0 spiro atoms. The number of amides is 2. The van der Waals surface area contributed by atoms with Crippen molar-refractivity contribution in [2.45, 2.75) is 30.8 Å². The Balaban J connectivity index is 1.49. The smallest absolute Gasteiger partial charge is 0.353 e. The molecule has 1 fully saturated rings. The van der Waals surface area contributed by atoms with Crippen LogP contribution in [-0.2, 0) is 14.4 Å². The zero-order chi connectivity index (χ0) is 20.0. The first-order chi connectivity index (χ1) is 13.3. The number of amidine groups is 1. The number of aliphatic carboxylic acids is 1. The number of carboxylic acids is 1. The Labute approximate surface area is 172 Å². The van der Waals surface area contributed by atoms with Crippen molar-refractivity contribution >= 4 is 63.4 Å². The van der Waals surface area contributed by atoms with Crippen molar-refractivity contribution < 1.29 is 19.5 Å². The summed E-state index contributed by atoms with van der Waals surface area (Å²) in [4.78, 5) is 42.2. The number of aromatic nitrogens is 2. The summed E-state index contributed by atoms with van der Waals surface area (Å²) in [7, 11) is 0. The summed E-state index contributed by atoms with van der Waals surface area (Å²) in [6, 6.07) is -0.947. The molecule has 0 aromatic carbocycles. The number of carbonyl (C=O) groups excluding carboxylic acids is 2. The minimum atomic E-state index is -1.20. The Hall–Kier alpha value is -2.12. The van der Waals surface area contributed by atoms with Crippen LogP contribution in [0.4, 0.5) is 0 Å². The van der Waals surface area contributed by atoms with Crippen molar-refractivity contribution in [2.24, 2.45) is 10.7 Å². The van der Waals surface area contributed by atoms with Crippen LogP contribution in [0.15, 0.2) is 10.7 Å². The second-order valence-corrected chi connectivity index (χ2v) is 9.68. The van der Waals surface area contributed by atoms with Gasteiger partial charge in [0.2, 0.25) is 5.91 Å². The SMILES string of the molecule is Cc1nnc(C2=C(C(=O)O)N3C(=O)C(NC(=O)CC4CSC(N)=N4)[C@@H]3SC2)s1. The Morgan fingerprint density at radius 1 is 1.39 bits per heavy atom. The van der Waals surface area contributed by atoms with Gasteiger partial charge >= 0.3 is 5.97 Å². The van der Waals surface area contributed by atoms with Crippen molar-refractivity contribution in [2.75, 3.05) is 11.5 Å². The molecule has 2 amide bonds. The summed E-state index contributed by atoms with van der Waals surface area (Å²) >= 11 is 4.08. The Morgan fingerprint density at radius 2 is 2.18 bits per heavy atom. The standard InChI is InChI=1S/C15H16N6O4S3/c1-5-19-20-11(28-5)7-4-26-13-9(12(23)21(13)10(7)14(24)25)18-8(22)2-6-3-27-15(16)17-6/h6,9,13H,2-4H2,1H3,(H2,16,17)(H,18,22)(H,24,25)/t6?,9?,13-/m0/s1. The molecule has 0 radical (unpaired) electrons. The van der Waals surface area contributed by atoms with Crippen LogP contribution in [0.5, 0.6) is 0 Å². The summed E-state index contributed by atoms with van der Waals surface area (Å²) in [5.41, 5.74) is 6.00. The number of aryl methyl sites for hydroxylation is 1. The first kappa shape index (κ1) is 19.2. The van der Waals surface area contributed by atoms with E-state index < -0.39 is 23.3 Å². The van der Waals surface area contributed by atoms with Gasteiger partial charge in [0.1, 0.15) is 27.1 Å². The largest absolute Gasteiger partial charge is 0.477 e. The fraction of sp³-hybridized carbons (Fsp3) is 0.467. The number of carboxylic acid groups (broad SMARTS) is 1. The number of β-lactam (4-membered cyclic amide) rings is 1. The zero-order valence-corrected chi connectivity index (χ0v) is 17.1. The molecule has 3 aliphatic rings. The minimum Gasteiger partial charge on any atom is -0.477 e. The molecule has 3 aliphatic heterocycles. The number of fused-ring (bicyclic) bond motifs is 1. The van der Waals surface area contributed by atoms with E-state index in [9.17, 15) is 19.5 Å². The third kappa shape index (κ3) is 3.37. The Kier molecular flexibility index (Phi) is 5.05. The van der Waals surface area contributed by atoms with E-state index in [2.05, 4.69) is 20.5 Å². The van der Waals surface area contributed by atoms with Crippen LogP contribution in [0, 0.1) is 6.92 Å². The van der Waals surface area contributed by atoms with E-state index in [1.54, 1.807) is 6.92 Å². The average Bonchev–Trinajstić information content (AvgIpc) is 3.26. The minimum absolute atomic E-state index is 0.0834. The van der Waals surface area contributed by atoms with E-state index in [1.807, 2.05) is 0 Å². The molecule has 1 saturated heterocycles. The van der Waals surface area contributed by atoms with Crippen LogP contribution >= 0.6 is 34.9 Å². The number of thioether (sulfide) groups is 2. The molecule has 10 nitrogen and oxygen atoms in total. The maximum Gasteiger partial charge on any atom is 0.353 e. The predicted octanol–water partition coefficient (Wildman–Crippen LogP) is -0.138. The molecule has 148 valence electrons. The van der Waals surface area contributed by atoms with Crippen LogP contribution in [0.2, 0.25) is 0 Å². The Morgan fingerprint density at radius 3 is 2.79 bits per heavy atom. The number of nitrogens with zero attached hydrogens (tertiary/aromatic N) is 4. The van der Waals surface area contributed by atoms with Crippen LogP contribution in [-0.4, -0.2) is 72.1 Å². The molecule has 4 rings (SSSR count). The summed E-state index contributed by atoms with van der Waals surface area (Å²) in [5, 5.41) is 21.6. The highest BCUT2D eigenvalue weighted by molar-refractivity contribution is 8.14. The van der Waals surface area contributed by atoms with E-state index in [0.29, 0.717) is 32.3 Å². The highest BCUT2D eigenvalue weighted by Gasteiger charge is 2.54. The average molecular weight is 441 g/mol.